The fourth-order valence-electron chi connectivity index (χ4n) is 32.0. The van der Waals surface area contributed by atoms with Crippen molar-refractivity contribution in [1.29, 1.82) is 0 Å². The Labute approximate surface area is 727 Å². The van der Waals surface area contributed by atoms with Gasteiger partial charge in [-0.15, -0.1) is 0 Å². The lowest BCUT2D eigenvalue weighted by Crippen LogP contribution is -2.62. The zero-order chi connectivity index (χ0) is 87.2. The molecule has 25 unspecified atom stereocenters. The number of fused-ring (bicyclic) bond motifs is 15. The Morgan fingerprint density at radius 3 is 1.38 bits per heavy atom. The molecule has 0 aromatic heterocycles. The van der Waals surface area contributed by atoms with Crippen LogP contribution in [0.3, 0.4) is 0 Å². The summed E-state index contributed by atoms with van der Waals surface area (Å²) in [6.45, 7) is 51.7. The molecule has 120 heavy (non-hydrogen) atoms. The summed E-state index contributed by atoms with van der Waals surface area (Å²) in [5, 5.41) is 0. The summed E-state index contributed by atoms with van der Waals surface area (Å²) < 4.78 is 18.5. The Balaban J connectivity index is 0.000000156. The number of benzene rings is 3. The molecule has 12 heteroatoms. The van der Waals surface area contributed by atoms with E-state index in [0.29, 0.717) is 95.1 Å². The summed E-state index contributed by atoms with van der Waals surface area (Å²) in [5.41, 5.74) is 48.6. The monoisotopic (exact) mass is 1640 g/mol. The third kappa shape index (κ3) is 16.8. The summed E-state index contributed by atoms with van der Waals surface area (Å²) in [6.07, 6.45) is 47.5. The number of nitrogens with two attached hydrogens (primary N) is 6. The van der Waals surface area contributed by atoms with E-state index in [1.54, 1.807) is 60.2 Å². The second-order valence-corrected chi connectivity index (χ2v) is 46.7. The second-order valence-electron chi connectivity index (χ2n) is 46.7. The number of nitrogen functional groups attached to an aromatic ring is 6. The van der Waals surface area contributed by atoms with E-state index in [1.165, 1.54) is 158 Å². The van der Waals surface area contributed by atoms with Gasteiger partial charge in [0.1, 0.15) is 18.3 Å². The largest absolute Gasteiger partial charge is 0.458 e. The lowest BCUT2D eigenvalue weighted by molar-refractivity contribution is -0.200. The molecule has 12 N–H and O–H groups in total. The molecule has 15 rings (SSSR count). The van der Waals surface area contributed by atoms with Gasteiger partial charge in [-0.2, -0.15) is 0 Å². The highest BCUT2D eigenvalue weighted by molar-refractivity contribution is 5.93. The van der Waals surface area contributed by atoms with E-state index in [1.807, 2.05) is 0 Å². The number of carbonyl (C=O) groups excluding carboxylic acids is 3. The summed E-state index contributed by atoms with van der Waals surface area (Å²) in [6, 6.07) is 15.0. The molecule has 12 nitrogen and oxygen atoms in total. The fourth-order valence-corrected chi connectivity index (χ4v) is 32.0. The Morgan fingerprint density at radius 1 is 0.400 bits per heavy atom. The number of hydrogen-bond donors (Lipinski definition) is 6. The van der Waals surface area contributed by atoms with Crippen molar-refractivity contribution >= 4 is 52.0 Å². The molecular weight excluding hydrogens is 1480 g/mol. The Morgan fingerprint density at radius 2 is 0.850 bits per heavy atom. The van der Waals surface area contributed by atoms with Crippen LogP contribution in [0.25, 0.3) is 0 Å². The van der Waals surface area contributed by atoms with Crippen LogP contribution in [0.4, 0.5) is 34.1 Å². The first-order valence-electron chi connectivity index (χ1n) is 48.6. The average molecular weight is 1640 g/mol. The van der Waals surface area contributed by atoms with E-state index < -0.39 is 0 Å². The second kappa shape index (κ2) is 34.6. The maximum absolute atomic E-state index is 13.2. The highest BCUT2D eigenvalue weighted by Gasteiger charge is 2.70. The maximum Gasteiger partial charge on any atom is 0.338 e. The fraction of sp³-hybridized carbons (Fsp3) is 0.731. The molecule has 25 atom stereocenters. The normalized spacial score (nSPS) is 38.5. The molecule has 12 aliphatic carbocycles. The first-order chi connectivity index (χ1) is 56.3. The van der Waals surface area contributed by atoms with Gasteiger partial charge < -0.3 is 48.6 Å². The van der Waals surface area contributed by atoms with Gasteiger partial charge >= 0.3 is 17.9 Å². The predicted octanol–water partition coefficient (Wildman–Crippen LogP) is 27.2. The molecule has 0 spiro atoms. The number of rotatable bonds is 19. The van der Waals surface area contributed by atoms with Crippen molar-refractivity contribution in [3.8, 4) is 0 Å². The molecular formula is C108H166N6O6. The Kier molecular flexibility index (Phi) is 26.4. The van der Waals surface area contributed by atoms with Gasteiger partial charge in [-0.3, -0.25) is 0 Å². The number of anilines is 6. The molecule has 0 radical (unpaired) electrons. The third-order valence-corrected chi connectivity index (χ3v) is 38.7. The molecule has 0 saturated heterocycles. The number of carbonyl (C=O) groups is 3. The lowest BCUT2D eigenvalue weighted by Gasteiger charge is -2.67. The van der Waals surface area contributed by atoms with Crippen LogP contribution >= 0.6 is 0 Å². The molecule has 664 valence electrons. The Hall–Kier alpha value is -6.17. The van der Waals surface area contributed by atoms with E-state index in [4.69, 9.17) is 48.6 Å². The number of allylic oxidation sites excluding steroid dienone is 6. The van der Waals surface area contributed by atoms with Crippen molar-refractivity contribution in [3.05, 3.63) is 118 Å². The molecule has 0 aliphatic heterocycles. The van der Waals surface area contributed by atoms with Crippen molar-refractivity contribution in [2.24, 2.45) is 143 Å². The van der Waals surface area contributed by atoms with Crippen molar-refractivity contribution < 1.29 is 28.6 Å². The van der Waals surface area contributed by atoms with Crippen LogP contribution in [-0.4, -0.2) is 36.2 Å². The van der Waals surface area contributed by atoms with Gasteiger partial charge in [-0.25, -0.2) is 14.4 Å². The highest BCUT2D eigenvalue weighted by Crippen LogP contribution is 2.77. The minimum Gasteiger partial charge on any atom is -0.458 e. The first kappa shape index (κ1) is 91.5. The Bertz CT molecular complexity index is 4290. The molecule has 3 aromatic rings. The third-order valence-electron chi connectivity index (χ3n) is 38.7. The number of hydrogen-bond acceptors (Lipinski definition) is 12. The molecule has 10 fully saturated rings. The van der Waals surface area contributed by atoms with Gasteiger partial charge in [0.05, 0.1) is 16.7 Å². The van der Waals surface area contributed by atoms with Gasteiger partial charge in [0.15, 0.2) is 0 Å². The lowest BCUT2D eigenvalue weighted by atomic mass is 9.38. The van der Waals surface area contributed by atoms with E-state index >= 15 is 0 Å². The van der Waals surface area contributed by atoms with Crippen LogP contribution in [0.15, 0.2) is 101 Å². The van der Waals surface area contributed by atoms with Gasteiger partial charge in [-0.05, 0) is 381 Å². The summed E-state index contributed by atoms with van der Waals surface area (Å²) in [4.78, 5) is 39.3. The predicted molar refractivity (Wildman–Crippen MR) is 500 cm³/mol. The molecule has 12 aliphatic rings. The van der Waals surface area contributed by atoms with E-state index in [2.05, 4.69) is 170 Å². The number of ether oxygens (including phenoxy) is 3. The standard InChI is InChI=1S/C37H58N2O2.C37H56N2O2.C34H52N2O2/c2*1-23(2)10-9-11-24(3)28-14-18-37(8)30-12-13-31-34(4,5)32(41-33(40)25-20-26(38)22-27(39)21-25)16-17-35(31,6)29(30)15-19-36(28,37)7;1-21(2)7-6-8-22(3)29-11-12-30-28-10-9-24-19-27(38-32(37)23-17-25(35)20-26(36)18-23)13-15-33(24,4)31(28)14-16-34(29,30)5/h10,20-22,24,28-32H,9,11-19,38-39H2,1-8H3;10,13,20-22,24,28-30,32H,9,11-12,14-19,38-39H2,1-8H3;9,17-18,20-22,27-31H,6-8,10-16,19,35-36H2,1-5H3. The first-order valence-corrected chi connectivity index (χ1v) is 48.6. The van der Waals surface area contributed by atoms with Crippen LogP contribution in [0, 0.1) is 143 Å². The SMILES string of the molecule is CC(C)=CCCC(C)C1CCC2(C)C3CC=C4C(C)(C)C(OC(=O)c5cc(N)cc(N)c5)CCC4(C)C3CCC12C.CC(C)=CCCC(C)C1CCC2(C)C3CCC4C(C)(C)C(OC(=O)c5cc(N)cc(N)c5)CCC4(C)C3CCC12C.CC(C)CCCC(C)C1CCC2C3CC=C4CC(OC(=O)c5cc(N)cc(N)c5)CCC4(C)C3CCC12C. The van der Waals surface area contributed by atoms with Crippen LogP contribution in [-0.2, 0) is 14.2 Å². The van der Waals surface area contributed by atoms with Crippen LogP contribution in [0.2, 0.25) is 0 Å². The van der Waals surface area contributed by atoms with E-state index in [0.717, 1.165) is 128 Å². The highest BCUT2D eigenvalue weighted by atomic mass is 16.6. The topological polar surface area (TPSA) is 235 Å². The zero-order valence-electron chi connectivity index (χ0n) is 79.0. The quantitative estimate of drug-likeness (QED) is 0.0285. The van der Waals surface area contributed by atoms with Gasteiger partial charge in [-0.1, -0.05) is 184 Å². The van der Waals surface area contributed by atoms with Crippen LogP contribution in [0.5, 0.6) is 0 Å². The minimum atomic E-state index is -0.323. The van der Waals surface area contributed by atoms with Crippen molar-refractivity contribution in [2.45, 2.75) is 356 Å². The van der Waals surface area contributed by atoms with Gasteiger partial charge in [0, 0.05) is 51.4 Å². The molecule has 3 aromatic carbocycles. The van der Waals surface area contributed by atoms with Gasteiger partial charge in [0.25, 0.3) is 0 Å². The van der Waals surface area contributed by atoms with Crippen LogP contribution < -0.4 is 34.4 Å². The minimum absolute atomic E-state index is 0.0579. The zero-order valence-corrected chi connectivity index (χ0v) is 79.0. The van der Waals surface area contributed by atoms with Crippen molar-refractivity contribution in [3.63, 3.8) is 0 Å². The summed E-state index contributed by atoms with van der Waals surface area (Å²) in [7, 11) is 0. The molecule has 0 amide bonds. The average Bonchev–Trinajstić information content (AvgIpc) is 1.46. The molecule has 10 saturated carbocycles. The summed E-state index contributed by atoms with van der Waals surface area (Å²) >= 11 is 0. The number of esters is 3. The van der Waals surface area contributed by atoms with Gasteiger partial charge in [0.2, 0.25) is 0 Å². The smallest absolute Gasteiger partial charge is 0.338 e. The van der Waals surface area contributed by atoms with Crippen LogP contribution in [0.1, 0.15) is 369 Å². The molecule has 0 bridgehead atoms. The van der Waals surface area contributed by atoms with Crippen molar-refractivity contribution in [1.82, 2.24) is 0 Å². The van der Waals surface area contributed by atoms with E-state index in [-0.39, 0.29) is 57.9 Å². The van der Waals surface area contributed by atoms with E-state index in [9.17, 15) is 14.4 Å². The summed E-state index contributed by atoms with van der Waals surface area (Å²) in [5.74, 6) is 10.9. The molecule has 0 heterocycles. The maximum atomic E-state index is 13.2. The van der Waals surface area contributed by atoms with Crippen molar-refractivity contribution in [2.75, 3.05) is 34.4 Å².